The van der Waals surface area contributed by atoms with Crippen molar-refractivity contribution in [2.45, 2.75) is 6.92 Å². The van der Waals surface area contributed by atoms with Crippen LogP contribution in [0.15, 0.2) is 23.6 Å². The Balaban J connectivity index is -0.000000320. The molecule has 0 saturated carbocycles. The molecule has 0 aromatic rings. The number of hydrogen-bond donors (Lipinski definition) is 1. The van der Waals surface area contributed by atoms with Crippen molar-refractivity contribution >= 4 is 10.1 Å². The van der Waals surface area contributed by atoms with Crippen molar-refractivity contribution in [3.8, 4) is 0 Å². The molecule has 54 valence electrons. The van der Waals surface area contributed by atoms with Gasteiger partial charge in [-0.3, -0.25) is 4.55 Å². The van der Waals surface area contributed by atoms with Crippen LogP contribution in [0.5, 0.6) is 0 Å². The Morgan fingerprint density at radius 3 is 2.20 bits per heavy atom. The topological polar surface area (TPSA) is 54.4 Å². The van der Waals surface area contributed by atoms with Gasteiger partial charge in [0.25, 0.3) is 10.1 Å². The molecule has 0 rings (SSSR count). The average Bonchev–Trinajstić information content (AvgIpc) is 1.62. The van der Waals surface area contributed by atoms with Gasteiger partial charge in [0.2, 0.25) is 0 Å². The maximum Gasteiger partial charge on any atom is 1.00 e. The summed E-state index contributed by atoms with van der Waals surface area (Å²) in [5.41, 5.74) is 0.414. The molecule has 0 amide bonds. The Kier molecular flexibility index (Phi) is 7.68. The molecule has 0 unspecified atom stereocenters. The first-order valence-electron chi connectivity index (χ1n) is 2.24. The van der Waals surface area contributed by atoms with Gasteiger partial charge < -0.3 is 1.43 Å². The molecule has 0 heterocycles. The predicted molar refractivity (Wildman–Crippen MR) is 36.6 cm³/mol. The molecule has 0 aliphatic heterocycles. The van der Waals surface area contributed by atoms with Crippen LogP contribution in [0.1, 0.15) is 8.35 Å². The van der Waals surface area contributed by atoms with Crippen LogP contribution in [-0.4, -0.2) is 13.0 Å². The Labute approximate surface area is 105 Å². The first-order chi connectivity index (χ1) is 3.95. The SMILES string of the molecule is C=C/C(C)=C/S(=O)(=O)O.[H-].[K+]. The fourth-order valence-corrected chi connectivity index (χ4v) is 0.849. The van der Waals surface area contributed by atoms with Gasteiger partial charge in [0.1, 0.15) is 0 Å². The maximum absolute atomic E-state index is 10.0. The van der Waals surface area contributed by atoms with Gasteiger partial charge in [-0.2, -0.15) is 8.42 Å². The van der Waals surface area contributed by atoms with E-state index in [9.17, 15) is 8.42 Å². The molecular weight excluding hydrogens is 179 g/mol. The Morgan fingerprint density at radius 2 is 2.10 bits per heavy atom. The van der Waals surface area contributed by atoms with Gasteiger partial charge in [0.05, 0.1) is 5.41 Å². The second-order valence-electron chi connectivity index (χ2n) is 1.58. The van der Waals surface area contributed by atoms with Gasteiger partial charge in [-0.1, -0.05) is 12.7 Å². The third-order valence-corrected chi connectivity index (χ3v) is 1.33. The van der Waals surface area contributed by atoms with Gasteiger partial charge >= 0.3 is 51.4 Å². The normalized spacial score (nSPS) is 12.0. The van der Waals surface area contributed by atoms with E-state index in [1.807, 2.05) is 0 Å². The Morgan fingerprint density at radius 1 is 1.70 bits per heavy atom. The summed E-state index contributed by atoms with van der Waals surface area (Å²) in [6.45, 7) is 4.83. The Bertz CT molecular complexity index is 232. The number of allylic oxidation sites excluding steroid dienone is 2. The number of hydrogen-bond acceptors (Lipinski definition) is 2. The van der Waals surface area contributed by atoms with E-state index in [1.165, 1.54) is 13.0 Å². The van der Waals surface area contributed by atoms with E-state index in [4.69, 9.17) is 4.55 Å². The molecule has 5 heteroatoms. The first kappa shape index (κ1) is 13.6. The van der Waals surface area contributed by atoms with Crippen LogP contribution < -0.4 is 51.4 Å². The van der Waals surface area contributed by atoms with Crippen LogP contribution in [-0.2, 0) is 10.1 Å². The largest absolute Gasteiger partial charge is 1.00 e. The van der Waals surface area contributed by atoms with E-state index in [0.717, 1.165) is 5.41 Å². The van der Waals surface area contributed by atoms with Gasteiger partial charge in [-0.15, -0.1) is 0 Å². The van der Waals surface area contributed by atoms with Gasteiger partial charge in [0.15, 0.2) is 0 Å². The predicted octanol–water partition coefficient (Wildman–Crippen LogP) is -1.92. The minimum atomic E-state index is -3.97. The molecule has 0 fully saturated rings. The summed E-state index contributed by atoms with van der Waals surface area (Å²) in [4.78, 5) is 0. The molecule has 3 nitrogen and oxygen atoms in total. The smallest absolute Gasteiger partial charge is 1.00 e. The molecular formula is C5H9KO3S. The first-order valence-corrected chi connectivity index (χ1v) is 3.74. The zero-order chi connectivity index (χ0) is 7.49. The van der Waals surface area contributed by atoms with E-state index in [-0.39, 0.29) is 52.8 Å². The fraction of sp³-hybridized carbons (Fsp3) is 0.200. The molecule has 0 aromatic heterocycles. The van der Waals surface area contributed by atoms with E-state index in [1.54, 1.807) is 0 Å². The van der Waals surface area contributed by atoms with E-state index in [2.05, 4.69) is 6.58 Å². The van der Waals surface area contributed by atoms with Crippen molar-refractivity contribution in [1.82, 2.24) is 0 Å². The molecule has 0 spiro atoms. The second kappa shape index (κ2) is 5.65. The summed E-state index contributed by atoms with van der Waals surface area (Å²) in [6.07, 6.45) is 1.34. The zero-order valence-corrected chi connectivity index (χ0v) is 9.97. The maximum atomic E-state index is 10.0. The van der Waals surface area contributed by atoms with Crippen LogP contribution in [0.4, 0.5) is 0 Å². The number of rotatable bonds is 2. The quantitative estimate of drug-likeness (QED) is 0.312. The standard InChI is InChI=1S/C5H8O3S.K.H/c1-3-5(2)4-9(6,7)8;;/h3-4H,1H2,2H3,(H,6,7,8);;/q;+1;-1/b5-4+;;. The van der Waals surface area contributed by atoms with Gasteiger partial charge in [-0.05, 0) is 12.5 Å². The van der Waals surface area contributed by atoms with Crippen LogP contribution in [0, 0.1) is 0 Å². The van der Waals surface area contributed by atoms with Crippen LogP contribution >= 0.6 is 0 Å². The van der Waals surface area contributed by atoms with E-state index in [0.29, 0.717) is 5.57 Å². The molecule has 0 aliphatic carbocycles. The minimum Gasteiger partial charge on any atom is -1.00 e. The Hall–Kier alpha value is 1.03. The molecule has 0 bridgehead atoms. The molecule has 0 atom stereocenters. The zero-order valence-electron chi connectivity index (χ0n) is 7.03. The summed E-state index contributed by atoms with van der Waals surface area (Å²) >= 11 is 0. The van der Waals surface area contributed by atoms with Crippen LogP contribution in [0.2, 0.25) is 0 Å². The second-order valence-corrected chi connectivity index (χ2v) is 2.85. The van der Waals surface area contributed by atoms with E-state index < -0.39 is 10.1 Å². The monoisotopic (exact) mass is 188 g/mol. The van der Waals surface area contributed by atoms with Crippen molar-refractivity contribution in [2.75, 3.05) is 0 Å². The van der Waals surface area contributed by atoms with Gasteiger partial charge in [0, 0.05) is 0 Å². The van der Waals surface area contributed by atoms with Crippen LogP contribution in [0.3, 0.4) is 0 Å². The molecule has 10 heavy (non-hydrogen) atoms. The molecule has 0 saturated heterocycles. The minimum absolute atomic E-state index is 0. The third-order valence-electron chi connectivity index (χ3n) is 0.657. The van der Waals surface area contributed by atoms with Crippen LogP contribution in [0.25, 0.3) is 0 Å². The fourth-order valence-electron chi connectivity index (χ4n) is 0.283. The van der Waals surface area contributed by atoms with Crippen molar-refractivity contribution in [2.24, 2.45) is 0 Å². The van der Waals surface area contributed by atoms with Crippen molar-refractivity contribution < 1.29 is 65.8 Å². The average molecular weight is 188 g/mol. The third kappa shape index (κ3) is 9.03. The van der Waals surface area contributed by atoms with Crippen molar-refractivity contribution in [1.29, 1.82) is 0 Å². The summed E-state index contributed by atoms with van der Waals surface area (Å²) in [6, 6.07) is 0. The summed E-state index contributed by atoms with van der Waals surface area (Å²) in [5.74, 6) is 0. The van der Waals surface area contributed by atoms with E-state index >= 15 is 0 Å². The molecule has 0 radical (unpaired) electrons. The van der Waals surface area contributed by atoms with Crippen molar-refractivity contribution in [3.63, 3.8) is 0 Å². The molecule has 0 aromatic carbocycles. The molecule has 0 aliphatic rings. The van der Waals surface area contributed by atoms with Gasteiger partial charge in [-0.25, -0.2) is 0 Å². The summed E-state index contributed by atoms with van der Waals surface area (Å²) < 4.78 is 28.2. The molecule has 1 N–H and O–H groups in total. The summed E-state index contributed by atoms with van der Waals surface area (Å²) in [7, 11) is -3.97. The summed E-state index contributed by atoms with van der Waals surface area (Å²) in [5, 5.41) is 0.736. The van der Waals surface area contributed by atoms with Crippen molar-refractivity contribution in [3.05, 3.63) is 23.6 Å².